The molecule has 0 atom stereocenters. The molecule has 1 saturated carbocycles. The molecule has 138 valence electrons. The fourth-order valence-electron chi connectivity index (χ4n) is 3.37. The third-order valence-electron chi connectivity index (χ3n) is 4.73. The number of sulfone groups is 1. The second kappa shape index (κ2) is 7.91. The van der Waals surface area contributed by atoms with E-state index < -0.39 is 9.84 Å². The van der Waals surface area contributed by atoms with Gasteiger partial charge in [0.1, 0.15) is 5.75 Å². The normalized spacial score (nSPS) is 15.0. The van der Waals surface area contributed by atoms with Gasteiger partial charge >= 0.3 is 0 Å². The van der Waals surface area contributed by atoms with Gasteiger partial charge < -0.3 is 10.1 Å². The van der Waals surface area contributed by atoms with Crippen molar-refractivity contribution in [2.75, 3.05) is 12.4 Å². The van der Waals surface area contributed by atoms with Crippen molar-refractivity contribution < 1.29 is 17.9 Å². The summed E-state index contributed by atoms with van der Waals surface area (Å²) >= 11 is 0. The lowest BCUT2D eigenvalue weighted by Gasteiger charge is -2.13. The van der Waals surface area contributed by atoms with E-state index in [9.17, 15) is 13.2 Å². The third-order valence-corrected chi connectivity index (χ3v) is 6.99. The molecule has 26 heavy (non-hydrogen) atoms. The second-order valence-corrected chi connectivity index (χ2v) is 8.74. The molecule has 0 aromatic heterocycles. The maximum Gasteiger partial charge on any atom is 0.228 e. The molecular formula is C20H23NO4S. The van der Waals surface area contributed by atoms with E-state index in [1.165, 1.54) is 0 Å². The number of benzene rings is 2. The summed E-state index contributed by atoms with van der Waals surface area (Å²) in [5.41, 5.74) is 1.27. The molecule has 0 aliphatic heterocycles. The summed E-state index contributed by atoms with van der Waals surface area (Å²) in [6.45, 7) is 0. The number of rotatable bonds is 6. The molecule has 1 aliphatic carbocycles. The summed E-state index contributed by atoms with van der Waals surface area (Å²) in [6.07, 6.45) is 3.50. The number of anilines is 1. The lowest BCUT2D eigenvalue weighted by Crippen LogP contribution is -2.19. The van der Waals surface area contributed by atoms with Crippen LogP contribution in [0.3, 0.4) is 0 Å². The minimum absolute atomic E-state index is 0.156. The molecule has 6 heteroatoms. The lowest BCUT2D eigenvalue weighted by atomic mass is 10.1. The SMILES string of the molecule is COc1ccccc1CC(=O)Nc1cccc(S(=O)(=O)C2CCCC2)c1. The number of amides is 1. The average Bonchev–Trinajstić information content (AvgIpc) is 3.18. The van der Waals surface area contributed by atoms with Gasteiger partial charge in [-0.2, -0.15) is 0 Å². The Balaban J connectivity index is 1.73. The van der Waals surface area contributed by atoms with Gasteiger partial charge in [-0.15, -0.1) is 0 Å². The van der Waals surface area contributed by atoms with Gasteiger partial charge in [0.05, 0.1) is 23.7 Å². The Hall–Kier alpha value is -2.34. The summed E-state index contributed by atoms with van der Waals surface area (Å²) in [6, 6.07) is 13.8. The van der Waals surface area contributed by atoms with Gasteiger partial charge in [0, 0.05) is 11.3 Å². The molecule has 5 nitrogen and oxygen atoms in total. The molecule has 3 rings (SSSR count). The van der Waals surface area contributed by atoms with Crippen LogP contribution in [-0.4, -0.2) is 26.7 Å². The lowest BCUT2D eigenvalue weighted by molar-refractivity contribution is -0.115. The van der Waals surface area contributed by atoms with Crippen LogP contribution in [-0.2, 0) is 21.1 Å². The van der Waals surface area contributed by atoms with Crippen LogP contribution in [0, 0.1) is 0 Å². The van der Waals surface area contributed by atoms with E-state index in [0.717, 1.165) is 18.4 Å². The van der Waals surface area contributed by atoms with E-state index in [-0.39, 0.29) is 22.5 Å². The van der Waals surface area contributed by atoms with Crippen molar-refractivity contribution in [3.8, 4) is 5.75 Å². The predicted octanol–water partition coefficient (Wildman–Crippen LogP) is 3.59. The van der Waals surface area contributed by atoms with Crippen molar-refractivity contribution in [2.24, 2.45) is 0 Å². The van der Waals surface area contributed by atoms with Crippen molar-refractivity contribution in [1.29, 1.82) is 0 Å². The quantitative estimate of drug-likeness (QED) is 0.840. The fraction of sp³-hybridized carbons (Fsp3) is 0.350. The summed E-state index contributed by atoms with van der Waals surface area (Å²) in [4.78, 5) is 12.6. The molecule has 1 N–H and O–H groups in total. The zero-order valence-corrected chi connectivity index (χ0v) is 15.6. The molecule has 0 unspecified atom stereocenters. The van der Waals surface area contributed by atoms with Gasteiger partial charge in [-0.1, -0.05) is 37.1 Å². The van der Waals surface area contributed by atoms with Gasteiger partial charge in [0.25, 0.3) is 0 Å². The van der Waals surface area contributed by atoms with E-state index in [4.69, 9.17) is 4.74 Å². The molecule has 1 fully saturated rings. The molecule has 0 spiro atoms. The Morgan fingerprint density at radius 1 is 1.12 bits per heavy atom. The molecule has 0 bridgehead atoms. The van der Waals surface area contributed by atoms with Crippen molar-refractivity contribution >= 4 is 21.4 Å². The maximum atomic E-state index is 12.7. The Labute approximate surface area is 154 Å². The number of methoxy groups -OCH3 is 1. The Kier molecular flexibility index (Phi) is 5.61. The van der Waals surface area contributed by atoms with Crippen LogP contribution in [0.4, 0.5) is 5.69 Å². The molecular weight excluding hydrogens is 350 g/mol. The van der Waals surface area contributed by atoms with E-state index in [1.807, 2.05) is 18.2 Å². The van der Waals surface area contributed by atoms with Crippen LogP contribution in [0.25, 0.3) is 0 Å². The number of hydrogen-bond acceptors (Lipinski definition) is 4. The molecule has 0 heterocycles. The van der Waals surface area contributed by atoms with Crippen molar-refractivity contribution in [3.63, 3.8) is 0 Å². The van der Waals surface area contributed by atoms with E-state index in [0.29, 0.717) is 24.3 Å². The van der Waals surface area contributed by atoms with E-state index in [1.54, 1.807) is 37.4 Å². The highest BCUT2D eigenvalue weighted by molar-refractivity contribution is 7.92. The highest BCUT2D eigenvalue weighted by Gasteiger charge is 2.30. The average molecular weight is 373 g/mol. The largest absolute Gasteiger partial charge is 0.496 e. The third kappa shape index (κ3) is 4.07. The molecule has 2 aromatic carbocycles. The zero-order chi connectivity index (χ0) is 18.6. The predicted molar refractivity (Wildman–Crippen MR) is 101 cm³/mol. The number of carbonyl (C=O) groups is 1. The van der Waals surface area contributed by atoms with Crippen LogP contribution in [0.15, 0.2) is 53.4 Å². The van der Waals surface area contributed by atoms with Crippen LogP contribution >= 0.6 is 0 Å². The summed E-state index contributed by atoms with van der Waals surface area (Å²) in [5.74, 6) is 0.435. The Morgan fingerprint density at radius 2 is 1.85 bits per heavy atom. The first kappa shape index (κ1) is 18.5. The Bertz CT molecular complexity index is 886. The number of ether oxygens (including phenoxy) is 1. The van der Waals surface area contributed by atoms with Gasteiger partial charge in [-0.05, 0) is 37.1 Å². The maximum absolute atomic E-state index is 12.7. The molecule has 2 aromatic rings. The van der Waals surface area contributed by atoms with Crippen molar-refractivity contribution in [1.82, 2.24) is 0 Å². The highest BCUT2D eigenvalue weighted by atomic mass is 32.2. The van der Waals surface area contributed by atoms with E-state index in [2.05, 4.69) is 5.32 Å². The monoisotopic (exact) mass is 373 g/mol. The summed E-state index contributed by atoms with van der Waals surface area (Å²) in [7, 11) is -1.77. The fourth-order valence-corrected chi connectivity index (χ4v) is 5.27. The van der Waals surface area contributed by atoms with Gasteiger partial charge in [-0.25, -0.2) is 8.42 Å². The summed E-state index contributed by atoms with van der Waals surface area (Å²) < 4.78 is 30.7. The van der Waals surface area contributed by atoms with Crippen LogP contribution in [0.5, 0.6) is 5.75 Å². The smallest absolute Gasteiger partial charge is 0.228 e. The zero-order valence-electron chi connectivity index (χ0n) is 14.8. The van der Waals surface area contributed by atoms with Crippen LogP contribution in [0.1, 0.15) is 31.2 Å². The van der Waals surface area contributed by atoms with Crippen LogP contribution in [0.2, 0.25) is 0 Å². The van der Waals surface area contributed by atoms with Gasteiger partial charge in [0.2, 0.25) is 5.91 Å². The highest BCUT2D eigenvalue weighted by Crippen LogP contribution is 2.30. The summed E-state index contributed by atoms with van der Waals surface area (Å²) in [5, 5.41) is 2.48. The minimum atomic E-state index is -3.34. The number of para-hydroxylation sites is 1. The first-order valence-electron chi connectivity index (χ1n) is 8.76. The molecule has 1 amide bonds. The topological polar surface area (TPSA) is 72.5 Å². The number of carbonyl (C=O) groups excluding carboxylic acids is 1. The first-order valence-corrected chi connectivity index (χ1v) is 10.3. The standard InChI is InChI=1S/C20H23NO4S/c1-25-19-12-5-2-7-15(19)13-20(22)21-16-8-6-11-18(14-16)26(23,24)17-9-3-4-10-17/h2,5-8,11-12,14,17H,3-4,9-10,13H2,1H3,(H,21,22). The first-order chi connectivity index (χ1) is 12.5. The van der Waals surface area contributed by atoms with Gasteiger partial charge in [0.15, 0.2) is 9.84 Å². The van der Waals surface area contributed by atoms with Crippen molar-refractivity contribution in [2.45, 2.75) is 42.2 Å². The minimum Gasteiger partial charge on any atom is -0.496 e. The Morgan fingerprint density at radius 3 is 2.58 bits per heavy atom. The van der Waals surface area contributed by atoms with Crippen molar-refractivity contribution in [3.05, 3.63) is 54.1 Å². The molecule has 0 radical (unpaired) electrons. The van der Waals surface area contributed by atoms with Crippen LogP contribution < -0.4 is 10.1 Å². The van der Waals surface area contributed by atoms with Gasteiger partial charge in [-0.3, -0.25) is 4.79 Å². The number of hydrogen-bond donors (Lipinski definition) is 1. The van der Waals surface area contributed by atoms with E-state index >= 15 is 0 Å². The second-order valence-electron chi connectivity index (χ2n) is 6.52. The molecule has 0 saturated heterocycles. The molecule has 1 aliphatic rings. The number of nitrogens with one attached hydrogen (secondary N) is 1.